The second kappa shape index (κ2) is 13.7. The van der Waals surface area contributed by atoms with Gasteiger partial charge < -0.3 is 30.0 Å². The third-order valence-electron chi connectivity index (χ3n) is 7.89. The lowest BCUT2D eigenvalue weighted by Crippen LogP contribution is -2.44. The molecule has 11 nitrogen and oxygen atoms in total. The van der Waals surface area contributed by atoms with E-state index in [0.717, 1.165) is 25.7 Å². The van der Waals surface area contributed by atoms with Crippen LogP contribution in [0.1, 0.15) is 32.1 Å². The molecule has 2 aromatic heterocycles. The molecule has 1 aliphatic rings. The van der Waals surface area contributed by atoms with Gasteiger partial charge in [-0.1, -0.05) is 18.9 Å². The Balaban J connectivity index is 1.36. The Bertz CT molecular complexity index is 1710. The second-order valence-corrected chi connectivity index (χ2v) is 10.7. The van der Waals surface area contributed by atoms with Crippen LogP contribution in [-0.4, -0.2) is 59.0 Å². The number of ether oxygens (including phenoxy) is 3. The van der Waals surface area contributed by atoms with Crippen molar-refractivity contribution in [2.45, 2.75) is 38.1 Å². The maximum Gasteiger partial charge on any atom is 0.262 e. The fourth-order valence-electron chi connectivity index (χ4n) is 5.49. The lowest BCUT2D eigenvalue weighted by atomic mass is 9.84. The molecular formula is C32H36FN5O6. The Morgan fingerprint density at radius 1 is 1.05 bits per heavy atom. The number of rotatable bonds is 11. The third kappa shape index (κ3) is 6.45. The van der Waals surface area contributed by atoms with Crippen LogP contribution in [0, 0.1) is 11.7 Å². The molecule has 4 aromatic rings. The molecule has 5 rings (SSSR count). The lowest BCUT2D eigenvalue weighted by Gasteiger charge is -2.32. The molecule has 0 unspecified atom stereocenters. The van der Waals surface area contributed by atoms with Crippen molar-refractivity contribution in [3.63, 3.8) is 0 Å². The van der Waals surface area contributed by atoms with Gasteiger partial charge in [0.05, 0.1) is 31.2 Å². The first-order valence-electron chi connectivity index (χ1n) is 14.5. The van der Waals surface area contributed by atoms with Crippen molar-refractivity contribution in [2.24, 2.45) is 13.0 Å². The highest BCUT2D eigenvalue weighted by molar-refractivity contribution is 5.88. The molecular weight excluding hydrogens is 569 g/mol. The molecule has 0 radical (unpaired) electrons. The molecule has 0 aliphatic heterocycles. The molecule has 0 bridgehead atoms. The monoisotopic (exact) mass is 605 g/mol. The Labute approximate surface area is 254 Å². The van der Waals surface area contributed by atoms with Crippen molar-refractivity contribution < 1.29 is 28.5 Å². The predicted octanol–water partition coefficient (Wildman–Crippen LogP) is 4.41. The summed E-state index contributed by atoms with van der Waals surface area (Å²) in [6, 6.07) is 9.17. The van der Waals surface area contributed by atoms with Crippen LogP contribution < -0.4 is 30.4 Å². The van der Waals surface area contributed by atoms with Gasteiger partial charge in [0.25, 0.3) is 5.56 Å². The number of nitrogens with one attached hydrogen (secondary N) is 2. The number of hydrogen-bond acceptors (Lipinski definition) is 9. The van der Waals surface area contributed by atoms with Gasteiger partial charge in [0.15, 0.2) is 23.1 Å². The molecule has 12 heteroatoms. The van der Waals surface area contributed by atoms with Crippen LogP contribution in [0.15, 0.2) is 53.6 Å². The van der Waals surface area contributed by atoms with E-state index in [1.54, 1.807) is 37.5 Å². The molecule has 232 valence electrons. The number of aliphatic hydroxyl groups is 1. The van der Waals surface area contributed by atoms with Crippen molar-refractivity contribution in [3.05, 3.63) is 65.0 Å². The molecule has 1 saturated carbocycles. The van der Waals surface area contributed by atoms with E-state index in [9.17, 15) is 9.59 Å². The predicted molar refractivity (Wildman–Crippen MR) is 164 cm³/mol. The minimum Gasteiger partial charge on any atom is -0.493 e. The number of benzene rings is 2. The van der Waals surface area contributed by atoms with E-state index in [0.29, 0.717) is 52.6 Å². The maximum atomic E-state index is 15.4. The van der Waals surface area contributed by atoms with Gasteiger partial charge in [-0.15, -0.1) is 0 Å². The average molecular weight is 606 g/mol. The van der Waals surface area contributed by atoms with Gasteiger partial charge in [-0.05, 0) is 49.1 Å². The number of aliphatic hydroxyl groups excluding tert-OH is 1. The van der Waals surface area contributed by atoms with Crippen LogP contribution in [0.3, 0.4) is 0 Å². The Morgan fingerprint density at radius 2 is 1.82 bits per heavy atom. The number of fused-ring (bicyclic) bond motifs is 1. The summed E-state index contributed by atoms with van der Waals surface area (Å²) in [5.74, 6) is 0.656. The van der Waals surface area contributed by atoms with E-state index < -0.39 is 5.82 Å². The molecule has 0 spiro atoms. The standard InChI is InChI=1S/C32H36FN5O6/c1-38-31(41)22(18-36-32(38)37-24-8-5-4-7-20(24)30(40)35-12-6-14-39)19-9-10-27(23(33)15-19)44-26-11-13-34-25-17-29(43-3)28(42-2)16-21(25)26/h9-11,13,15-18,20,24,39H,4-8,12,14H2,1-3H3,(H,35,40)(H,36,37)/t20-,24+/m0/s1. The number of hydrogen-bond donors (Lipinski definition) is 3. The molecule has 0 saturated heterocycles. The number of amides is 1. The number of halogens is 1. The second-order valence-electron chi connectivity index (χ2n) is 10.7. The molecule has 44 heavy (non-hydrogen) atoms. The Morgan fingerprint density at radius 3 is 2.57 bits per heavy atom. The van der Waals surface area contributed by atoms with Crippen LogP contribution in [0.5, 0.6) is 23.0 Å². The lowest BCUT2D eigenvalue weighted by molar-refractivity contribution is -0.126. The molecule has 2 heterocycles. The fraction of sp³-hybridized carbons (Fsp3) is 0.375. The van der Waals surface area contributed by atoms with Gasteiger partial charge in [-0.3, -0.25) is 19.1 Å². The van der Waals surface area contributed by atoms with E-state index >= 15 is 4.39 Å². The van der Waals surface area contributed by atoms with Gasteiger partial charge in [0.1, 0.15) is 5.75 Å². The highest BCUT2D eigenvalue weighted by atomic mass is 19.1. The number of aromatic nitrogens is 3. The summed E-state index contributed by atoms with van der Waals surface area (Å²) in [6.07, 6.45) is 6.83. The number of anilines is 1. The van der Waals surface area contributed by atoms with E-state index in [1.165, 1.54) is 37.1 Å². The summed E-state index contributed by atoms with van der Waals surface area (Å²) in [6.45, 7) is 0.422. The first-order chi connectivity index (χ1) is 21.3. The number of carbonyl (C=O) groups excluding carboxylic acids is 1. The highest BCUT2D eigenvalue weighted by Gasteiger charge is 2.31. The van der Waals surface area contributed by atoms with Crippen LogP contribution in [-0.2, 0) is 11.8 Å². The number of carbonyl (C=O) groups is 1. The van der Waals surface area contributed by atoms with Crippen molar-refractivity contribution in [3.8, 4) is 34.1 Å². The van der Waals surface area contributed by atoms with Crippen molar-refractivity contribution in [1.82, 2.24) is 19.9 Å². The number of pyridine rings is 1. The Hall–Kier alpha value is -4.71. The van der Waals surface area contributed by atoms with E-state index in [2.05, 4.69) is 20.6 Å². The quantitative estimate of drug-likeness (QED) is 0.212. The summed E-state index contributed by atoms with van der Waals surface area (Å²) in [5.41, 5.74) is 0.787. The van der Waals surface area contributed by atoms with Crippen molar-refractivity contribution >= 4 is 22.8 Å². The molecule has 1 aliphatic carbocycles. The minimum absolute atomic E-state index is 0.0121. The Kier molecular flexibility index (Phi) is 9.59. The first-order valence-corrected chi connectivity index (χ1v) is 14.5. The third-order valence-corrected chi connectivity index (χ3v) is 7.89. The first kappa shape index (κ1) is 30.7. The van der Waals surface area contributed by atoms with Gasteiger partial charge >= 0.3 is 0 Å². The number of nitrogens with zero attached hydrogens (tertiary/aromatic N) is 3. The summed E-state index contributed by atoms with van der Waals surface area (Å²) >= 11 is 0. The van der Waals surface area contributed by atoms with E-state index in [1.807, 2.05) is 0 Å². The van der Waals surface area contributed by atoms with Crippen LogP contribution >= 0.6 is 0 Å². The minimum atomic E-state index is -0.658. The molecule has 2 aromatic carbocycles. The van der Waals surface area contributed by atoms with Crippen LogP contribution in [0.25, 0.3) is 22.0 Å². The molecule has 2 atom stereocenters. The van der Waals surface area contributed by atoms with Crippen LogP contribution in [0.2, 0.25) is 0 Å². The average Bonchev–Trinajstić information content (AvgIpc) is 3.04. The van der Waals surface area contributed by atoms with Gasteiger partial charge in [-0.25, -0.2) is 9.37 Å². The normalized spacial score (nSPS) is 16.4. The fourth-order valence-corrected chi connectivity index (χ4v) is 5.49. The zero-order chi connectivity index (χ0) is 31.2. The molecule has 3 N–H and O–H groups in total. The van der Waals surface area contributed by atoms with Gasteiger partial charge in [0.2, 0.25) is 11.9 Å². The van der Waals surface area contributed by atoms with Crippen LogP contribution in [0.4, 0.5) is 10.3 Å². The summed E-state index contributed by atoms with van der Waals surface area (Å²) in [7, 11) is 4.64. The van der Waals surface area contributed by atoms with E-state index in [4.69, 9.17) is 19.3 Å². The number of methoxy groups -OCH3 is 2. The van der Waals surface area contributed by atoms with Crippen molar-refractivity contribution in [2.75, 3.05) is 32.7 Å². The highest BCUT2D eigenvalue weighted by Crippen LogP contribution is 2.38. The molecule has 1 amide bonds. The summed E-state index contributed by atoms with van der Waals surface area (Å²) < 4.78 is 33.4. The summed E-state index contributed by atoms with van der Waals surface area (Å²) in [4.78, 5) is 35.0. The smallest absolute Gasteiger partial charge is 0.262 e. The summed E-state index contributed by atoms with van der Waals surface area (Å²) in [5, 5.41) is 15.8. The SMILES string of the molecule is COc1cc2nccc(Oc3ccc(-c4cnc(N[C@@H]5CCCC[C@@H]5C(=O)NCCCO)n(C)c4=O)cc3F)c2cc1OC. The zero-order valence-electron chi connectivity index (χ0n) is 24.9. The van der Waals surface area contributed by atoms with E-state index in [-0.39, 0.29) is 41.3 Å². The topological polar surface area (TPSA) is 137 Å². The van der Waals surface area contributed by atoms with Gasteiger partial charge in [-0.2, -0.15) is 0 Å². The van der Waals surface area contributed by atoms with Gasteiger partial charge in [0, 0.05) is 50.1 Å². The zero-order valence-corrected chi connectivity index (χ0v) is 24.9. The molecule has 1 fully saturated rings. The van der Waals surface area contributed by atoms with Crippen molar-refractivity contribution in [1.29, 1.82) is 0 Å². The largest absolute Gasteiger partial charge is 0.493 e. The maximum absolute atomic E-state index is 15.4.